The highest BCUT2D eigenvalue weighted by Gasteiger charge is 2.11. The average molecular weight is 224 g/mol. The van der Waals surface area contributed by atoms with Crippen molar-refractivity contribution in [1.82, 2.24) is 4.57 Å². The van der Waals surface area contributed by atoms with E-state index in [-0.39, 0.29) is 5.56 Å². The zero-order valence-electron chi connectivity index (χ0n) is 9.31. The minimum Gasteiger partial charge on any atom is -0.463 e. The van der Waals surface area contributed by atoms with Gasteiger partial charge < -0.3 is 8.98 Å². The Morgan fingerprint density at radius 2 is 2.24 bits per heavy atom. The van der Waals surface area contributed by atoms with E-state index in [9.17, 15) is 4.79 Å². The Morgan fingerprint density at radius 3 is 3.00 bits per heavy atom. The Bertz CT molecular complexity index is 723. The second-order valence-corrected chi connectivity index (χ2v) is 3.91. The molecule has 0 aliphatic carbocycles. The van der Waals surface area contributed by atoms with Gasteiger partial charge in [0, 0.05) is 18.8 Å². The Balaban J connectivity index is 2.42. The Morgan fingerprint density at radius 1 is 1.35 bits per heavy atom. The summed E-state index contributed by atoms with van der Waals surface area (Å²) in [5.41, 5.74) is 2.48. The number of fused-ring (bicyclic) bond motifs is 1. The van der Waals surface area contributed by atoms with Crippen molar-refractivity contribution in [2.24, 2.45) is 7.05 Å². The summed E-state index contributed by atoms with van der Waals surface area (Å²) >= 11 is 0. The molecular formula is C14H10NO2. The number of furan rings is 1. The van der Waals surface area contributed by atoms with Crippen molar-refractivity contribution >= 4 is 11.0 Å². The summed E-state index contributed by atoms with van der Waals surface area (Å²) in [5, 5.41) is 0.605. The molecule has 0 fully saturated rings. The Labute approximate surface area is 97.9 Å². The number of nitrogens with zero attached hydrogens (tertiary/aromatic N) is 1. The van der Waals surface area contributed by atoms with Gasteiger partial charge in [0.1, 0.15) is 5.58 Å². The van der Waals surface area contributed by atoms with Crippen LogP contribution in [0.3, 0.4) is 0 Å². The van der Waals surface area contributed by atoms with Gasteiger partial charge >= 0.3 is 0 Å². The molecule has 0 amide bonds. The molecule has 3 heteroatoms. The molecular weight excluding hydrogens is 214 g/mol. The second-order valence-electron chi connectivity index (χ2n) is 3.91. The van der Waals surface area contributed by atoms with Gasteiger partial charge in [-0.15, -0.1) is 0 Å². The molecule has 0 aliphatic heterocycles. The van der Waals surface area contributed by atoms with Crippen LogP contribution in [0.2, 0.25) is 0 Å². The lowest BCUT2D eigenvalue weighted by Crippen LogP contribution is -2.15. The first-order chi connectivity index (χ1) is 8.27. The molecule has 2 heterocycles. The fourth-order valence-electron chi connectivity index (χ4n) is 1.95. The number of pyridine rings is 1. The zero-order valence-corrected chi connectivity index (χ0v) is 9.31. The Hall–Kier alpha value is -2.29. The minimum absolute atomic E-state index is 0.0441. The molecule has 0 saturated carbocycles. The first kappa shape index (κ1) is 9.90. The van der Waals surface area contributed by atoms with Crippen LogP contribution >= 0.6 is 0 Å². The maximum absolute atomic E-state index is 11.9. The maximum Gasteiger partial charge on any atom is 0.261 e. The van der Waals surface area contributed by atoms with E-state index < -0.39 is 0 Å². The molecule has 3 rings (SSSR count). The van der Waals surface area contributed by atoms with E-state index in [2.05, 4.69) is 6.07 Å². The molecule has 2 aromatic heterocycles. The maximum atomic E-state index is 11.9. The smallest absolute Gasteiger partial charge is 0.261 e. The second kappa shape index (κ2) is 3.63. The summed E-state index contributed by atoms with van der Waals surface area (Å²) in [6.07, 6.45) is 3.33. The number of benzene rings is 1. The summed E-state index contributed by atoms with van der Waals surface area (Å²) in [5.74, 6) is 0. The number of hydrogen-bond donors (Lipinski definition) is 0. The molecule has 3 nitrogen and oxygen atoms in total. The molecule has 1 aromatic carbocycles. The van der Waals surface area contributed by atoms with Gasteiger partial charge in [-0.1, -0.05) is 18.2 Å². The van der Waals surface area contributed by atoms with E-state index in [4.69, 9.17) is 4.42 Å². The van der Waals surface area contributed by atoms with Crippen molar-refractivity contribution < 1.29 is 4.42 Å². The summed E-state index contributed by atoms with van der Waals surface area (Å²) in [6.45, 7) is 0. The summed E-state index contributed by atoms with van der Waals surface area (Å²) in [6, 6.07) is 12.3. The van der Waals surface area contributed by atoms with Crippen LogP contribution < -0.4 is 5.56 Å². The van der Waals surface area contributed by atoms with E-state index >= 15 is 0 Å². The van der Waals surface area contributed by atoms with Gasteiger partial charge in [-0.2, -0.15) is 0 Å². The summed E-state index contributed by atoms with van der Waals surface area (Å²) in [7, 11) is 1.74. The molecule has 0 spiro atoms. The zero-order chi connectivity index (χ0) is 11.8. The quantitative estimate of drug-likeness (QED) is 0.636. The molecule has 83 valence electrons. The normalized spacial score (nSPS) is 10.9. The molecule has 0 aliphatic rings. The van der Waals surface area contributed by atoms with Crippen LogP contribution in [-0.4, -0.2) is 4.57 Å². The van der Waals surface area contributed by atoms with Crippen LogP contribution in [0.5, 0.6) is 0 Å². The van der Waals surface area contributed by atoms with E-state index in [1.807, 2.05) is 24.3 Å². The van der Waals surface area contributed by atoms with Gasteiger partial charge in [0.2, 0.25) is 0 Å². The predicted octanol–water partition coefficient (Wildman–Crippen LogP) is 2.60. The summed E-state index contributed by atoms with van der Waals surface area (Å²) in [4.78, 5) is 11.9. The highest BCUT2D eigenvalue weighted by Crippen LogP contribution is 2.26. The fraction of sp³-hybridized carbons (Fsp3) is 0.0714. The van der Waals surface area contributed by atoms with Crippen molar-refractivity contribution in [3.63, 3.8) is 0 Å². The first-order valence-electron chi connectivity index (χ1n) is 5.31. The van der Waals surface area contributed by atoms with E-state index in [1.165, 1.54) is 0 Å². The number of rotatable bonds is 1. The molecule has 1 radical (unpaired) electrons. The highest BCUT2D eigenvalue weighted by molar-refractivity contribution is 5.91. The van der Waals surface area contributed by atoms with Crippen molar-refractivity contribution in [3.05, 3.63) is 59.2 Å². The van der Waals surface area contributed by atoms with Gasteiger partial charge in [-0.3, -0.25) is 4.79 Å². The number of hydrogen-bond acceptors (Lipinski definition) is 2. The third-order valence-corrected chi connectivity index (χ3v) is 2.80. The topological polar surface area (TPSA) is 35.1 Å². The summed E-state index contributed by atoms with van der Waals surface area (Å²) < 4.78 is 6.98. The predicted molar refractivity (Wildman–Crippen MR) is 65.7 cm³/mol. The lowest BCUT2D eigenvalue weighted by atomic mass is 10.1. The van der Waals surface area contributed by atoms with E-state index in [1.54, 1.807) is 30.1 Å². The molecule has 0 atom stereocenters. The fourth-order valence-corrected chi connectivity index (χ4v) is 1.95. The Kier molecular flexibility index (Phi) is 2.11. The lowest BCUT2D eigenvalue weighted by Gasteiger charge is -2.05. The van der Waals surface area contributed by atoms with Gasteiger partial charge in [0.05, 0.1) is 11.6 Å². The van der Waals surface area contributed by atoms with Crippen LogP contribution in [0.25, 0.3) is 22.1 Å². The van der Waals surface area contributed by atoms with Crippen molar-refractivity contribution in [3.8, 4) is 11.1 Å². The van der Waals surface area contributed by atoms with Gasteiger partial charge in [-0.25, -0.2) is 0 Å². The van der Waals surface area contributed by atoms with Crippen molar-refractivity contribution in [2.45, 2.75) is 0 Å². The largest absolute Gasteiger partial charge is 0.463 e. The molecule has 0 N–H and O–H groups in total. The lowest BCUT2D eigenvalue weighted by molar-refractivity contribution is 0.615. The van der Waals surface area contributed by atoms with Crippen molar-refractivity contribution in [1.29, 1.82) is 0 Å². The van der Waals surface area contributed by atoms with Crippen LogP contribution in [0, 0.1) is 6.07 Å². The first-order valence-corrected chi connectivity index (χ1v) is 5.31. The number of aromatic nitrogens is 1. The highest BCUT2D eigenvalue weighted by atomic mass is 16.3. The molecule has 17 heavy (non-hydrogen) atoms. The third-order valence-electron chi connectivity index (χ3n) is 2.80. The van der Waals surface area contributed by atoms with Crippen LogP contribution in [0.4, 0.5) is 0 Å². The van der Waals surface area contributed by atoms with Crippen molar-refractivity contribution in [2.75, 3.05) is 0 Å². The van der Waals surface area contributed by atoms with E-state index in [0.717, 1.165) is 11.1 Å². The van der Waals surface area contributed by atoms with Gasteiger partial charge in [0.25, 0.3) is 5.56 Å². The molecule has 3 aromatic rings. The van der Waals surface area contributed by atoms with Crippen LogP contribution in [-0.2, 0) is 7.05 Å². The van der Waals surface area contributed by atoms with Crippen LogP contribution in [0.1, 0.15) is 0 Å². The average Bonchev–Trinajstić information content (AvgIpc) is 2.84. The van der Waals surface area contributed by atoms with E-state index in [0.29, 0.717) is 11.0 Å². The SMILES string of the molecule is Cn1cc(-c2c[c]ccc2)c2occc2c1=O. The molecule has 0 unspecified atom stereocenters. The molecule has 0 saturated heterocycles. The molecule has 0 bridgehead atoms. The standard InChI is InChI=1S/C14H10NO2/c1-15-9-12(10-5-3-2-4-6-10)13-11(14(15)16)7-8-17-13/h2-3,5-9H,1H3. The third kappa shape index (κ3) is 1.47. The number of aryl methyl sites for hydroxylation is 1. The minimum atomic E-state index is -0.0441. The van der Waals surface area contributed by atoms with Gasteiger partial charge in [-0.05, 0) is 23.8 Å². The van der Waals surface area contributed by atoms with Gasteiger partial charge in [0.15, 0.2) is 0 Å². The monoisotopic (exact) mass is 224 g/mol. The van der Waals surface area contributed by atoms with Crippen LogP contribution in [0.15, 0.2) is 52.0 Å².